The van der Waals surface area contributed by atoms with E-state index in [0.29, 0.717) is 16.8 Å². The molecule has 0 radical (unpaired) electrons. The Bertz CT molecular complexity index is 661. The van der Waals surface area contributed by atoms with Gasteiger partial charge in [-0.05, 0) is 31.2 Å². The van der Waals surface area contributed by atoms with Gasteiger partial charge in [0, 0.05) is 18.3 Å². The summed E-state index contributed by atoms with van der Waals surface area (Å²) in [6.07, 6.45) is 0. The number of nitrogen functional groups attached to an aromatic ring is 1. The zero-order chi connectivity index (χ0) is 14.7. The maximum atomic E-state index is 13.8. The number of nitrogens with two attached hydrogens (primary N) is 1. The molecule has 2 N–H and O–H groups in total. The molecule has 2 aromatic rings. The van der Waals surface area contributed by atoms with Crippen LogP contribution in [-0.4, -0.2) is 7.05 Å². The number of anilines is 2. The molecule has 0 fully saturated rings. The van der Waals surface area contributed by atoms with Crippen LogP contribution in [-0.2, 0) is 0 Å². The molecule has 0 aliphatic heterocycles. The van der Waals surface area contributed by atoms with Crippen molar-refractivity contribution in [2.75, 3.05) is 17.7 Å². The molecule has 4 heteroatoms. The third-order valence-corrected chi connectivity index (χ3v) is 3.50. The first-order valence-corrected chi connectivity index (χ1v) is 6.31. The Labute approximate surface area is 118 Å². The molecule has 0 saturated heterocycles. The van der Waals surface area contributed by atoms with E-state index in [9.17, 15) is 4.39 Å². The summed E-state index contributed by atoms with van der Waals surface area (Å²) in [6, 6.07) is 13.8. The van der Waals surface area contributed by atoms with Gasteiger partial charge in [0.1, 0.15) is 11.9 Å². The lowest BCUT2D eigenvalue weighted by atomic mass is 10.1. The zero-order valence-corrected chi connectivity index (χ0v) is 11.5. The van der Waals surface area contributed by atoms with Crippen molar-refractivity contribution in [1.29, 1.82) is 5.26 Å². The van der Waals surface area contributed by atoms with Gasteiger partial charge < -0.3 is 10.6 Å². The lowest BCUT2D eigenvalue weighted by Gasteiger charge is -2.28. The van der Waals surface area contributed by atoms with Crippen molar-refractivity contribution >= 4 is 11.4 Å². The normalized spacial score (nSPS) is 11.7. The first-order valence-electron chi connectivity index (χ1n) is 6.31. The molecule has 2 rings (SSSR count). The monoisotopic (exact) mass is 269 g/mol. The summed E-state index contributed by atoms with van der Waals surface area (Å²) < 4.78 is 13.8. The van der Waals surface area contributed by atoms with E-state index in [1.165, 1.54) is 6.07 Å². The highest BCUT2D eigenvalue weighted by Gasteiger charge is 2.16. The molecule has 20 heavy (non-hydrogen) atoms. The van der Waals surface area contributed by atoms with E-state index in [1.807, 2.05) is 37.1 Å². The van der Waals surface area contributed by atoms with Gasteiger partial charge in [-0.3, -0.25) is 0 Å². The van der Waals surface area contributed by atoms with Crippen LogP contribution in [0, 0.1) is 17.1 Å². The predicted octanol–water partition coefficient (Wildman–Crippen LogP) is 3.48. The smallest absolute Gasteiger partial charge is 0.128 e. The van der Waals surface area contributed by atoms with Crippen LogP contribution >= 0.6 is 0 Å². The average Bonchev–Trinajstić information content (AvgIpc) is 2.46. The summed E-state index contributed by atoms with van der Waals surface area (Å²) >= 11 is 0. The van der Waals surface area contributed by atoms with E-state index in [0.717, 1.165) is 5.69 Å². The van der Waals surface area contributed by atoms with Gasteiger partial charge in [0.15, 0.2) is 0 Å². The molecule has 102 valence electrons. The third kappa shape index (κ3) is 2.57. The molecule has 0 aromatic heterocycles. The van der Waals surface area contributed by atoms with Crippen LogP contribution in [0.25, 0.3) is 0 Å². The number of hydrogen-bond acceptors (Lipinski definition) is 3. The molecule has 3 nitrogen and oxygen atoms in total. The summed E-state index contributed by atoms with van der Waals surface area (Å²) in [5.41, 5.74) is 8.16. The molecule has 0 saturated carbocycles. The van der Waals surface area contributed by atoms with Crippen molar-refractivity contribution < 1.29 is 4.39 Å². The summed E-state index contributed by atoms with van der Waals surface area (Å²) in [6.45, 7) is 1.92. The second-order valence-corrected chi connectivity index (χ2v) is 4.69. The van der Waals surface area contributed by atoms with Gasteiger partial charge in [0.25, 0.3) is 0 Å². The minimum absolute atomic E-state index is 0.136. The zero-order valence-electron chi connectivity index (χ0n) is 11.5. The molecule has 2 aromatic carbocycles. The Morgan fingerprint density at radius 1 is 1.25 bits per heavy atom. The molecule has 1 unspecified atom stereocenters. The van der Waals surface area contributed by atoms with Crippen LogP contribution < -0.4 is 10.6 Å². The molecule has 0 heterocycles. The van der Waals surface area contributed by atoms with Gasteiger partial charge in [-0.25, -0.2) is 4.39 Å². The van der Waals surface area contributed by atoms with Gasteiger partial charge in [0.05, 0.1) is 17.3 Å². The van der Waals surface area contributed by atoms with Gasteiger partial charge in [-0.15, -0.1) is 0 Å². The Morgan fingerprint density at radius 2 is 1.95 bits per heavy atom. The topological polar surface area (TPSA) is 53.0 Å². The van der Waals surface area contributed by atoms with Crippen LogP contribution in [0.15, 0.2) is 42.5 Å². The number of nitrogens with zero attached hydrogens (tertiary/aromatic N) is 2. The van der Waals surface area contributed by atoms with Crippen LogP contribution in [0.1, 0.15) is 24.1 Å². The first-order chi connectivity index (χ1) is 9.54. The highest BCUT2D eigenvalue weighted by molar-refractivity contribution is 5.64. The Kier molecular flexibility index (Phi) is 3.90. The lowest BCUT2D eigenvalue weighted by Crippen LogP contribution is -2.22. The standard InChI is InChI=1S/C16H16FN3/c1-11(14-5-3-4-6-15(14)17)20(2)13-8-7-12(10-18)16(19)9-13/h3-9,11H,19H2,1-2H3. The molecule has 0 aliphatic carbocycles. The molecular formula is C16H16FN3. The Hall–Kier alpha value is -2.54. The van der Waals surface area contributed by atoms with Crippen molar-refractivity contribution in [1.82, 2.24) is 0 Å². The average molecular weight is 269 g/mol. The largest absolute Gasteiger partial charge is 0.398 e. The summed E-state index contributed by atoms with van der Waals surface area (Å²) in [4.78, 5) is 1.93. The second-order valence-electron chi connectivity index (χ2n) is 4.69. The van der Waals surface area contributed by atoms with Crippen molar-refractivity contribution in [3.63, 3.8) is 0 Å². The second kappa shape index (κ2) is 5.62. The van der Waals surface area contributed by atoms with Gasteiger partial charge in [-0.2, -0.15) is 5.26 Å². The fraction of sp³-hybridized carbons (Fsp3) is 0.188. The van der Waals surface area contributed by atoms with E-state index in [-0.39, 0.29) is 11.9 Å². The molecule has 0 amide bonds. The summed E-state index contributed by atoms with van der Waals surface area (Å²) in [5, 5.41) is 8.88. The van der Waals surface area contributed by atoms with E-state index < -0.39 is 0 Å². The third-order valence-electron chi connectivity index (χ3n) is 3.50. The maximum Gasteiger partial charge on any atom is 0.128 e. The van der Waals surface area contributed by atoms with E-state index >= 15 is 0 Å². The summed E-state index contributed by atoms with van der Waals surface area (Å²) in [5.74, 6) is -0.228. The van der Waals surface area contributed by atoms with Crippen molar-refractivity contribution in [2.45, 2.75) is 13.0 Å². The number of halogens is 1. The Morgan fingerprint density at radius 3 is 2.55 bits per heavy atom. The molecule has 0 aliphatic rings. The predicted molar refractivity (Wildman–Crippen MR) is 78.8 cm³/mol. The maximum absolute atomic E-state index is 13.8. The van der Waals surface area contributed by atoms with Crippen molar-refractivity contribution in [2.24, 2.45) is 0 Å². The first kappa shape index (κ1) is 13.9. The van der Waals surface area contributed by atoms with Gasteiger partial charge in [0.2, 0.25) is 0 Å². The highest BCUT2D eigenvalue weighted by atomic mass is 19.1. The summed E-state index contributed by atoms with van der Waals surface area (Å²) in [7, 11) is 1.87. The van der Waals surface area contributed by atoms with Crippen LogP contribution in [0.5, 0.6) is 0 Å². The quantitative estimate of drug-likeness (QED) is 0.868. The minimum Gasteiger partial charge on any atom is -0.398 e. The van der Waals surface area contributed by atoms with E-state index in [4.69, 9.17) is 11.0 Å². The highest BCUT2D eigenvalue weighted by Crippen LogP contribution is 2.28. The van der Waals surface area contributed by atoms with Gasteiger partial charge in [-0.1, -0.05) is 18.2 Å². The van der Waals surface area contributed by atoms with Gasteiger partial charge >= 0.3 is 0 Å². The van der Waals surface area contributed by atoms with Crippen molar-refractivity contribution in [3.8, 4) is 6.07 Å². The van der Waals surface area contributed by atoms with Crippen LogP contribution in [0.2, 0.25) is 0 Å². The molecule has 0 bridgehead atoms. The van der Waals surface area contributed by atoms with Crippen LogP contribution in [0.3, 0.4) is 0 Å². The fourth-order valence-corrected chi connectivity index (χ4v) is 2.12. The van der Waals surface area contributed by atoms with E-state index in [1.54, 1.807) is 24.3 Å². The number of hydrogen-bond donors (Lipinski definition) is 1. The Balaban J connectivity index is 2.32. The minimum atomic E-state index is -0.228. The number of rotatable bonds is 3. The lowest BCUT2D eigenvalue weighted by molar-refractivity contribution is 0.585. The van der Waals surface area contributed by atoms with Crippen LogP contribution in [0.4, 0.5) is 15.8 Å². The molecule has 0 spiro atoms. The number of benzene rings is 2. The number of nitriles is 1. The molecule has 1 atom stereocenters. The fourth-order valence-electron chi connectivity index (χ4n) is 2.12. The van der Waals surface area contributed by atoms with E-state index in [2.05, 4.69) is 0 Å². The molecular weight excluding hydrogens is 253 g/mol. The van der Waals surface area contributed by atoms with Crippen molar-refractivity contribution in [3.05, 3.63) is 59.4 Å². The SMILES string of the molecule is CC(c1ccccc1F)N(C)c1ccc(C#N)c(N)c1.